The molecule has 50 heavy (non-hydrogen) atoms. The minimum Gasteiger partial charge on any atom is -0.461 e. The van der Waals surface area contributed by atoms with Crippen LogP contribution in [-0.2, 0) is 29.1 Å². The molecule has 4 aliphatic heterocycles. The number of anilines is 1. The van der Waals surface area contributed by atoms with Gasteiger partial charge < -0.3 is 24.0 Å². The number of hydrogen-bond acceptors (Lipinski definition) is 9. The minimum atomic E-state index is -0.406. The molecule has 1 amide bonds. The fourth-order valence-electron chi connectivity index (χ4n) is 8.62. The number of aromatic nitrogens is 2. The number of carbonyl (C=O) groups is 1. The quantitative estimate of drug-likeness (QED) is 0.208. The van der Waals surface area contributed by atoms with Crippen LogP contribution in [0.15, 0.2) is 66.7 Å². The molecule has 0 radical (unpaired) electrons. The van der Waals surface area contributed by atoms with Gasteiger partial charge in [0.25, 0.3) is 0 Å². The van der Waals surface area contributed by atoms with Gasteiger partial charge in [0, 0.05) is 31.6 Å². The smallest absolute Gasteiger partial charge is 0.410 e. The van der Waals surface area contributed by atoms with E-state index >= 15 is 0 Å². The Labute approximate surface area is 293 Å². The number of nitriles is 1. The Balaban J connectivity index is 1.08. The largest absolute Gasteiger partial charge is 0.461 e. The fraction of sp³-hybridized carbons (Fsp3) is 0.450. The minimum absolute atomic E-state index is 0.0647. The van der Waals surface area contributed by atoms with Crippen molar-refractivity contribution in [3.63, 3.8) is 0 Å². The molecule has 2 atom stereocenters. The molecule has 8 rings (SSSR count). The Morgan fingerprint density at radius 3 is 2.60 bits per heavy atom. The van der Waals surface area contributed by atoms with Crippen molar-refractivity contribution < 1.29 is 19.0 Å². The summed E-state index contributed by atoms with van der Waals surface area (Å²) in [5.74, 6) is 0.769. The summed E-state index contributed by atoms with van der Waals surface area (Å²) in [7, 11) is 0. The number of rotatable bonds is 8. The van der Waals surface area contributed by atoms with Gasteiger partial charge in [-0.05, 0) is 73.2 Å². The Hall–Kier alpha value is -4.72. The van der Waals surface area contributed by atoms with Crippen LogP contribution in [0.1, 0.15) is 66.2 Å². The van der Waals surface area contributed by atoms with E-state index < -0.39 is 6.09 Å². The molecule has 1 aromatic heterocycles. The van der Waals surface area contributed by atoms with Crippen LogP contribution in [0.4, 0.5) is 10.6 Å². The highest BCUT2D eigenvalue weighted by Crippen LogP contribution is 2.41. The molecule has 0 aliphatic carbocycles. The van der Waals surface area contributed by atoms with Gasteiger partial charge in [0.1, 0.15) is 19.0 Å². The average Bonchev–Trinajstić information content (AvgIpc) is 3.74. The molecule has 0 N–H and O–H groups in total. The number of piperazine rings is 1. The lowest BCUT2D eigenvalue weighted by Crippen LogP contribution is -2.55. The molecule has 258 valence electrons. The van der Waals surface area contributed by atoms with E-state index in [4.69, 9.17) is 24.2 Å². The standard InChI is InChI=1S/C40H44N6O4/c1-28-9-5-12-30-13-6-14-32(36(28)30)35-23-34-33(26-48-35)37(43-38(42-34)50-27-40-16-7-19-45(40)20-8-17-40)44-21-22-46(31(24-44)15-18-41)39(47)49-25-29-10-3-2-4-11-29/h2-6,9-14,31,35H,7-8,15-17,19-27H2,1H3/t31-,35?/m0/s1. The highest BCUT2D eigenvalue weighted by atomic mass is 16.6. The highest BCUT2D eigenvalue weighted by molar-refractivity contribution is 5.89. The SMILES string of the molecule is Cc1cccc2cccc(C3Cc4nc(OCC56CCCN5CCC6)nc(N5CCN(C(=O)OCc6ccccc6)[C@@H](CC#N)C5)c4CO3)c12. The van der Waals surface area contributed by atoms with Crippen LogP contribution in [-0.4, -0.2) is 76.8 Å². The third-order valence-electron chi connectivity index (χ3n) is 11.2. The van der Waals surface area contributed by atoms with Crippen LogP contribution < -0.4 is 9.64 Å². The maximum atomic E-state index is 13.3. The number of amides is 1. The van der Waals surface area contributed by atoms with Gasteiger partial charge in [-0.1, -0.05) is 66.7 Å². The molecule has 0 spiro atoms. The third kappa shape index (κ3) is 6.25. The number of fused-ring (bicyclic) bond motifs is 3. The number of benzene rings is 3. The molecular weight excluding hydrogens is 628 g/mol. The summed E-state index contributed by atoms with van der Waals surface area (Å²) in [6, 6.07) is 24.8. The number of ether oxygens (including phenoxy) is 3. The first-order valence-electron chi connectivity index (χ1n) is 18.0. The lowest BCUT2D eigenvalue weighted by molar-refractivity contribution is 0.0261. The first kappa shape index (κ1) is 32.5. The average molecular weight is 673 g/mol. The van der Waals surface area contributed by atoms with Crippen molar-refractivity contribution in [1.82, 2.24) is 19.8 Å². The predicted molar refractivity (Wildman–Crippen MR) is 190 cm³/mol. The van der Waals surface area contributed by atoms with Crippen molar-refractivity contribution in [1.29, 1.82) is 5.26 Å². The van der Waals surface area contributed by atoms with Crippen LogP contribution in [0, 0.1) is 18.3 Å². The van der Waals surface area contributed by atoms with Gasteiger partial charge in [-0.2, -0.15) is 15.2 Å². The molecule has 3 fully saturated rings. The van der Waals surface area contributed by atoms with Crippen molar-refractivity contribution in [2.24, 2.45) is 0 Å². The summed E-state index contributed by atoms with van der Waals surface area (Å²) in [5.41, 5.74) is 5.25. The van der Waals surface area contributed by atoms with E-state index in [1.54, 1.807) is 4.90 Å². The summed E-state index contributed by atoms with van der Waals surface area (Å²) >= 11 is 0. The van der Waals surface area contributed by atoms with E-state index in [0.717, 1.165) is 54.1 Å². The molecule has 3 saturated heterocycles. The molecule has 3 aromatic carbocycles. The summed E-state index contributed by atoms with van der Waals surface area (Å²) in [5, 5.41) is 12.2. The van der Waals surface area contributed by atoms with Crippen molar-refractivity contribution in [2.45, 2.75) is 76.3 Å². The van der Waals surface area contributed by atoms with Crippen LogP contribution >= 0.6 is 0 Å². The Bertz CT molecular complexity index is 1900. The van der Waals surface area contributed by atoms with E-state index in [-0.39, 0.29) is 30.7 Å². The predicted octanol–water partition coefficient (Wildman–Crippen LogP) is 6.50. The van der Waals surface area contributed by atoms with Crippen molar-refractivity contribution >= 4 is 22.7 Å². The fourth-order valence-corrected chi connectivity index (χ4v) is 8.62. The van der Waals surface area contributed by atoms with Crippen molar-refractivity contribution in [3.8, 4) is 12.1 Å². The van der Waals surface area contributed by atoms with Gasteiger partial charge in [0.2, 0.25) is 0 Å². The molecule has 10 heteroatoms. The first-order valence-corrected chi connectivity index (χ1v) is 18.0. The van der Waals surface area contributed by atoms with Crippen molar-refractivity contribution in [3.05, 3.63) is 94.7 Å². The van der Waals surface area contributed by atoms with Crippen LogP contribution in [0.2, 0.25) is 0 Å². The molecule has 5 heterocycles. The van der Waals surface area contributed by atoms with Crippen LogP contribution in [0.5, 0.6) is 6.01 Å². The zero-order valence-corrected chi connectivity index (χ0v) is 28.7. The van der Waals surface area contributed by atoms with Gasteiger partial charge in [-0.25, -0.2) is 4.79 Å². The maximum Gasteiger partial charge on any atom is 0.410 e. The Kier molecular flexibility index (Phi) is 9.02. The summed E-state index contributed by atoms with van der Waals surface area (Å²) in [4.78, 5) is 29.9. The van der Waals surface area contributed by atoms with Gasteiger partial charge in [-0.15, -0.1) is 0 Å². The molecule has 10 nitrogen and oxygen atoms in total. The van der Waals surface area contributed by atoms with E-state index in [9.17, 15) is 10.1 Å². The van der Waals surface area contributed by atoms with Gasteiger partial charge in [0.05, 0.1) is 42.5 Å². The first-order chi connectivity index (χ1) is 24.5. The second-order valence-corrected chi connectivity index (χ2v) is 14.2. The summed E-state index contributed by atoms with van der Waals surface area (Å²) in [6.45, 7) is 6.92. The van der Waals surface area contributed by atoms with Crippen LogP contribution in [0.25, 0.3) is 10.8 Å². The Morgan fingerprint density at radius 1 is 1.00 bits per heavy atom. The molecular formula is C40H44N6O4. The molecule has 0 saturated carbocycles. The zero-order valence-electron chi connectivity index (χ0n) is 28.7. The normalized spacial score (nSPS) is 21.4. The van der Waals surface area contributed by atoms with Gasteiger partial charge >= 0.3 is 12.1 Å². The van der Waals surface area contributed by atoms with E-state index in [1.807, 2.05) is 30.3 Å². The van der Waals surface area contributed by atoms with E-state index in [1.165, 1.54) is 29.2 Å². The van der Waals surface area contributed by atoms with E-state index in [2.05, 4.69) is 59.2 Å². The summed E-state index contributed by atoms with van der Waals surface area (Å²) in [6.07, 6.45) is 4.88. The van der Waals surface area contributed by atoms with Gasteiger partial charge in [-0.3, -0.25) is 4.90 Å². The Morgan fingerprint density at radius 2 is 1.80 bits per heavy atom. The second kappa shape index (κ2) is 13.9. The second-order valence-electron chi connectivity index (χ2n) is 14.2. The molecule has 1 unspecified atom stereocenters. The number of nitrogens with zero attached hydrogens (tertiary/aromatic N) is 6. The molecule has 0 bridgehead atoms. The molecule has 4 aromatic rings. The topological polar surface area (TPSA) is 104 Å². The number of aryl methyl sites for hydroxylation is 1. The third-order valence-corrected chi connectivity index (χ3v) is 11.2. The lowest BCUT2D eigenvalue weighted by atomic mass is 9.92. The monoisotopic (exact) mass is 672 g/mol. The van der Waals surface area contributed by atoms with Crippen molar-refractivity contribution in [2.75, 3.05) is 44.2 Å². The summed E-state index contributed by atoms with van der Waals surface area (Å²) < 4.78 is 18.9. The number of hydrogen-bond donors (Lipinski definition) is 0. The van der Waals surface area contributed by atoms with Crippen LogP contribution in [0.3, 0.4) is 0 Å². The van der Waals surface area contributed by atoms with Gasteiger partial charge in [0.15, 0.2) is 0 Å². The molecule has 4 aliphatic rings. The lowest BCUT2D eigenvalue weighted by Gasteiger charge is -2.41. The zero-order chi connectivity index (χ0) is 34.1. The number of carbonyl (C=O) groups excluding carboxylic acids is 1. The maximum absolute atomic E-state index is 13.3. The van der Waals surface area contributed by atoms with E-state index in [0.29, 0.717) is 45.3 Å². The highest BCUT2D eigenvalue weighted by Gasteiger charge is 2.45.